The zero-order valence-corrected chi connectivity index (χ0v) is 8.93. The first-order valence-electron chi connectivity index (χ1n) is 4.55. The van der Waals surface area contributed by atoms with Crippen LogP contribution in [0.4, 0.5) is 0 Å². The van der Waals surface area contributed by atoms with E-state index in [1.54, 1.807) is 11.8 Å². The van der Waals surface area contributed by atoms with Crippen LogP contribution in [0, 0.1) is 0 Å². The van der Waals surface area contributed by atoms with E-state index in [0.717, 1.165) is 35.1 Å². The van der Waals surface area contributed by atoms with Crippen molar-refractivity contribution in [3.8, 4) is 0 Å². The normalized spacial score (nSPS) is 15.3. The molecule has 1 aliphatic rings. The van der Waals surface area contributed by atoms with Crippen molar-refractivity contribution in [3.63, 3.8) is 0 Å². The molecule has 14 heavy (non-hydrogen) atoms. The fourth-order valence-corrected chi connectivity index (χ4v) is 1.94. The summed E-state index contributed by atoms with van der Waals surface area (Å²) in [6, 6.07) is 0. The predicted molar refractivity (Wildman–Crippen MR) is 55.1 cm³/mol. The van der Waals surface area contributed by atoms with E-state index in [4.69, 9.17) is 10.5 Å². The maximum absolute atomic E-state index is 5.64. The van der Waals surface area contributed by atoms with Gasteiger partial charge in [-0.2, -0.15) is 0 Å². The lowest BCUT2D eigenvalue weighted by molar-refractivity contribution is 0.107. The van der Waals surface area contributed by atoms with Gasteiger partial charge in [-0.05, 0) is 6.26 Å². The molecule has 0 fully saturated rings. The molecule has 0 bridgehead atoms. The Morgan fingerprint density at radius 3 is 3.07 bits per heavy atom. The number of nitrogens with two attached hydrogens (primary N) is 1. The van der Waals surface area contributed by atoms with Gasteiger partial charge >= 0.3 is 0 Å². The van der Waals surface area contributed by atoms with Gasteiger partial charge in [-0.1, -0.05) is 11.8 Å². The second kappa shape index (κ2) is 4.25. The van der Waals surface area contributed by atoms with E-state index in [1.165, 1.54) is 0 Å². The Labute approximate surface area is 87.3 Å². The molecule has 0 saturated heterocycles. The van der Waals surface area contributed by atoms with E-state index in [1.807, 2.05) is 6.26 Å². The largest absolute Gasteiger partial charge is 0.376 e. The van der Waals surface area contributed by atoms with Gasteiger partial charge in [0.15, 0.2) is 5.16 Å². The lowest BCUT2D eigenvalue weighted by Gasteiger charge is -2.18. The molecule has 2 rings (SSSR count). The van der Waals surface area contributed by atoms with Crippen LogP contribution in [0.3, 0.4) is 0 Å². The third-order valence-electron chi connectivity index (χ3n) is 2.26. The quantitative estimate of drug-likeness (QED) is 0.577. The minimum absolute atomic E-state index is 0.460. The molecule has 0 radical (unpaired) electrons. The maximum atomic E-state index is 5.64. The molecule has 1 aromatic rings. The average molecular weight is 211 g/mol. The Morgan fingerprint density at radius 1 is 1.50 bits per heavy atom. The van der Waals surface area contributed by atoms with Crippen LogP contribution in [0.15, 0.2) is 5.16 Å². The lowest BCUT2D eigenvalue weighted by atomic mass is 10.1. The number of aromatic nitrogens is 2. The highest BCUT2D eigenvalue weighted by Gasteiger charge is 2.16. The summed E-state index contributed by atoms with van der Waals surface area (Å²) in [6.45, 7) is 1.82. The molecule has 0 spiro atoms. The van der Waals surface area contributed by atoms with Crippen molar-refractivity contribution in [1.82, 2.24) is 9.97 Å². The van der Waals surface area contributed by atoms with E-state index in [9.17, 15) is 0 Å². The van der Waals surface area contributed by atoms with Crippen LogP contribution in [0.25, 0.3) is 0 Å². The first kappa shape index (κ1) is 9.89. The average Bonchev–Trinajstić information content (AvgIpc) is 2.27. The fraction of sp³-hybridized carbons (Fsp3) is 0.556. The molecule has 4 nitrogen and oxygen atoms in total. The van der Waals surface area contributed by atoms with Gasteiger partial charge in [0.25, 0.3) is 0 Å². The van der Waals surface area contributed by atoms with Gasteiger partial charge in [-0.3, -0.25) is 0 Å². The summed E-state index contributed by atoms with van der Waals surface area (Å²) in [7, 11) is 0. The molecule has 0 aliphatic carbocycles. The number of hydrogen-bond acceptors (Lipinski definition) is 5. The molecule has 1 aliphatic heterocycles. The summed E-state index contributed by atoms with van der Waals surface area (Å²) in [5, 5.41) is 0.811. The molecule has 0 atom stereocenters. The SMILES string of the molecule is CSc1nc(CN)c2c(n1)CCOC2. The van der Waals surface area contributed by atoms with Crippen LogP contribution in [0.2, 0.25) is 0 Å². The number of nitrogens with zero attached hydrogens (tertiary/aromatic N) is 2. The van der Waals surface area contributed by atoms with Crippen LogP contribution in [-0.4, -0.2) is 22.8 Å². The van der Waals surface area contributed by atoms with E-state index in [-0.39, 0.29) is 0 Å². The second-order valence-electron chi connectivity index (χ2n) is 3.09. The minimum atomic E-state index is 0.460. The zero-order chi connectivity index (χ0) is 9.97. The van der Waals surface area contributed by atoms with Crippen molar-refractivity contribution in [1.29, 1.82) is 0 Å². The number of rotatable bonds is 2. The fourth-order valence-electron chi connectivity index (χ4n) is 1.53. The minimum Gasteiger partial charge on any atom is -0.376 e. The number of thioether (sulfide) groups is 1. The topological polar surface area (TPSA) is 61.0 Å². The van der Waals surface area contributed by atoms with Crippen molar-refractivity contribution < 1.29 is 4.74 Å². The summed E-state index contributed by atoms with van der Waals surface area (Å²) in [5.41, 5.74) is 8.77. The first-order chi connectivity index (χ1) is 6.85. The van der Waals surface area contributed by atoms with Crippen molar-refractivity contribution in [3.05, 3.63) is 17.0 Å². The third-order valence-corrected chi connectivity index (χ3v) is 2.81. The predicted octanol–water partition coefficient (Wildman–Crippen LogP) is 0.730. The Morgan fingerprint density at radius 2 is 2.36 bits per heavy atom. The summed E-state index contributed by atoms with van der Waals surface area (Å²) in [6.07, 6.45) is 2.85. The third kappa shape index (κ3) is 1.75. The molecule has 2 N–H and O–H groups in total. The summed E-state index contributed by atoms with van der Waals surface area (Å²) in [5.74, 6) is 0. The number of ether oxygens (including phenoxy) is 1. The van der Waals surface area contributed by atoms with Crippen molar-refractivity contribution >= 4 is 11.8 Å². The molecular formula is C9H13N3OS. The van der Waals surface area contributed by atoms with Crippen LogP contribution < -0.4 is 5.73 Å². The standard InChI is InChI=1S/C9H13N3OS/c1-14-9-11-7-2-3-13-5-6(7)8(4-10)12-9/h2-5,10H2,1H3. The van der Waals surface area contributed by atoms with Crippen LogP contribution in [0.5, 0.6) is 0 Å². The summed E-state index contributed by atoms with van der Waals surface area (Å²) < 4.78 is 5.37. The molecule has 2 heterocycles. The van der Waals surface area contributed by atoms with Crippen LogP contribution in [-0.2, 0) is 24.3 Å². The van der Waals surface area contributed by atoms with Crippen LogP contribution in [0.1, 0.15) is 17.0 Å². The highest BCUT2D eigenvalue weighted by atomic mass is 32.2. The van der Waals surface area contributed by atoms with Crippen molar-refractivity contribution in [2.45, 2.75) is 24.7 Å². The van der Waals surface area contributed by atoms with Gasteiger partial charge in [0.05, 0.1) is 24.6 Å². The Hall–Kier alpha value is -0.650. The Kier molecular flexibility index (Phi) is 3.00. The van der Waals surface area contributed by atoms with Gasteiger partial charge in [0.1, 0.15) is 0 Å². The molecule has 5 heteroatoms. The van der Waals surface area contributed by atoms with Crippen molar-refractivity contribution in [2.24, 2.45) is 5.73 Å². The van der Waals surface area contributed by atoms with E-state index in [2.05, 4.69) is 9.97 Å². The molecule has 76 valence electrons. The molecule has 0 unspecified atom stereocenters. The lowest BCUT2D eigenvalue weighted by Crippen LogP contribution is -2.18. The maximum Gasteiger partial charge on any atom is 0.187 e. The highest BCUT2D eigenvalue weighted by Crippen LogP contribution is 2.20. The Balaban J connectivity index is 2.47. The summed E-state index contributed by atoms with van der Waals surface area (Å²) in [4.78, 5) is 8.83. The van der Waals surface area contributed by atoms with Gasteiger partial charge in [0.2, 0.25) is 0 Å². The molecular weight excluding hydrogens is 198 g/mol. The zero-order valence-electron chi connectivity index (χ0n) is 8.12. The Bertz CT molecular complexity index is 326. The summed E-state index contributed by atoms with van der Waals surface area (Å²) >= 11 is 1.55. The van der Waals surface area contributed by atoms with Crippen LogP contribution >= 0.6 is 11.8 Å². The highest BCUT2D eigenvalue weighted by molar-refractivity contribution is 7.98. The smallest absolute Gasteiger partial charge is 0.187 e. The van der Waals surface area contributed by atoms with Crippen molar-refractivity contribution in [2.75, 3.05) is 12.9 Å². The van der Waals surface area contributed by atoms with Gasteiger partial charge in [0, 0.05) is 18.5 Å². The van der Waals surface area contributed by atoms with Gasteiger partial charge in [-0.25, -0.2) is 9.97 Å². The first-order valence-corrected chi connectivity index (χ1v) is 5.78. The van der Waals surface area contributed by atoms with Gasteiger partial charge < -0.3 is 10.5 Å². The molecule has 0 saturated carbocycles. The number of hydrogen-bond donors (Lipinski definition) is 1. The molecule has 1 aromatic heterocycles. The second-order valence-corrected chi connectivity index (χ2v) is 3.86. The molecule has 0 amide bonds. The van der Waals surface area contributed by atoms with E-state index >= 15 is 0 Å². The van der Waals surface area contributed by atoms with Gasteiger partial charge in [-0.15, -0.1) is 0 Å². The van der Waals surface area contributed by atoms with E-state index in [0.29, 0.717) is 13.2 Å². The van der Waals surface area contributed by atoms with E-state index < -0.39 is 0 Å². The molecule has 0 aromatic carbocycles. The number of fused-ring (bicyclic) bond motifs is 1. The monoisotopic (exact) mass is 211 g/mol.